The number of amides is 1. The number of carboxylic acid groups (broad SMARTS) is 1. The summed E-state index contributed by atoms with van der Waals surface area (Å²) < 4.78 is 0. The van der Waals surface area contributed by atoms with Crippen LogP contribution < -0.4 is 10.6 Å². The number of aliphatic carboxylic acids is 1. The normalized spacial score (nSPS) is 37.7. The van der Waals surface area contributed by atoms with Crippen LogP contribution in [0.25, 0.3) is 0 Å². The van der Waals surface area contributed by atoms with E-state index < -0.39 is 24.3 Å². The number of nitrogens with zero attached hydrogens (tertiary/aromatic N) is 1. The largest absolute Gasteiger partial charge is 0.480 e. The molecule has 9 heteroatoms. The summed E-state index contributed by atoms with van der Waals surface area (Å²) in [4.78, 5) is 31.9. The van der Waals surface area contributed by atoms with Crippen LogP contribution in [-0.4, -0.2) is 61.6 Å². The van der Waals surface area contributed by atoms with E-state index in [0.29, 0.717) is 40.7 Å². The van der Waals surface area contributed by atoms with Crippen LogP contribution in [0.15, 0.2) is 12.5 Å². The van der Waals surface area contributed by atoms with Gasteiger partial charge in [-0.25, -0.2) is 4.98 Å². The predicted molar refractivity (Wildman–Crippen MR) is 169 cm³/mol. The summed E-state index contributed by atoms with van der Waals surface area (Å²) in [5.74, 6) is 2.85. The van der Waals surface area contributed by atoms with E-state index in [1.54, 1.807) is 6.20 Å². The molecule has 44 heavy (non-hydrogen) atoms. The van der Waals surface area contributed by atoms with Crippen molar-refractivity contribution in [2.45, 2.75) is 136 Å². The van der Waals surface area contributed by atoms with Crippen LogP contribution >= 0.6 is 0 Å². The second-order valence-electron chi connectivity index (χ2n) is 16.0. The van der Waals surface area contributed by atoms with Gasteiger partial charge in [0.2, 0.25) is 5.91 Å². The monoisotopic (exact) mass is 614 g/mol. The lowest BCUT2D eigenvalue weighted by Gasteiger charge is -2.61. The second kappa shape index (κ2) is 13.4. The van der Waals surface area contributed by atoms with E-state index >= 15 is 0 Å². The number of hydrogen-bond acceptors (Lipinski definition) is 6. The van der Waals surface area contributed by atoms with Crippen LogP contribution in [0.2, 0.25) is 0 Å². The number of aliphatic hydroxyl groups is 2. The van der Waals surface area contributed by atoms with E-state index in [0.717, 1.165) is 37.0 Å². The lowest BCUT2D eigenvalue weighted by atomic mass is 9.44. The molecule has 0 aliphatic heterocycles. The molecule has 4 aliphatic rings. The number of rotatable bonds is 12. The average molecular weight is 615 g/mol. The highest BCUT2D eigenvalue weighted by molar-refractivity contribution is 5.76. The third-order valence-corrected chi connectivity index (χ3v) is 13.3. The Kier molecular flexibility index (Phi) is 10.2. The molecule has 0 spiro atoms. The van der Waals surface area contributed by atoms with E-state index in [2.05, 4.69) is 41.4 Å². The Balaban J connectivity index is 1.15. The number of aromatic nitrogens is 2. The minimum absolute atomic E-state index is 0.0884. The highest BCUT2D eigenvalue weighted by atomic mass is 16.4. The molecule has 5 rings (SSSR count). The van der Waals surface area contributed by atoms with E-state index in [4.69, 9.17) is 0 Å². The molecule has 9 nitrogen and oxygen atoms in total. The molecule has 248 valence electrons. The van der Waals surface area contributed by atoms with Gasteiger partial charge in [0.15, 0.2) is 0 Å². The van der Waals surface area contributed by atoms with Gasteiger partial charge < -0.3 is 25.6 Å². The maximum atomic E-state index is 13.2. The van der Waals surface area contributed by atoms with Crippen molar-refractivity contribution in [3.8, 4) is 0 Å². The quantitative estimate of drug-likeness (QED) is 0.184. The van der Waals surface area contributed by atoms with Gasteiger partial charge in [0, 0.05) is 24.7 Å². The SMILES string of the molecule is CC(C)[C@H](NC(=O)CC[C@@H](C)[C@H]1CC[C@H]2[C@@H]3CC[C@@H]4C[C@H](O)CC[C@]4(C)[C@H]3CC[C@]12C)C(O)N[C@@H](Cc1cnc[nH]1)C(=O)O. The fourth-order valence-corrected chi connectivity index (χ4v) is 10.8. The topological polar surface area (TPSA) is 148 Å². The number of H-pyrrole nitrogens is 1. The van der Waals surface area contributed by atoms with E-state index in [-0.39, 0.29) is 24.3 Å². The number of aliphatic hydroxyl groups excluding tert-OH is 2. The van der Waals surface area contributed by atoms with Gasteiger partial charge in [-0.2, -0.15) is 0 Å². The summed E-state index contributed by atoms with van der Waals surface area (Å²) in [5.41, 5.74) is 1.37. The molecule has 0 aromatic carbocycles. The van der Waals surface area contributed by atoms with Crippen LogP contribution in [0.4, 0.5) is 0 Å². The van der Waals surface area contributed by atoms with Crippen molar-refractivity contribution in [1.82, 2.24) is 20.6 Å². The molecule has 4 fully saturated rings. The summed E-state index contributed by atoms with van der Waals surface area (Å²) in [6.07, 6.45) is 14.0. The van der Waals surface area contributed by atoms with Crippen LogP contribution in [0.3, 0.4) is 0 Å². The lowest BCUT2D eigenvalue weighted by Crippen LogP contribution is -2.57. The molecule has 1 aromatic heterocycles. The number of fused-ring (bicyclic) bond motifs is 5. The summed E-state index contributed by atoms with van der Waals surface area (Å²) in [7, 11) is 0. The molecule has 0 radical (unpaired) electrons. The third-order valence-electron chi connectivity index (χ3n) is 13.3. The van der Waals surface area contributed by atoms with Crippen LogP contribution in [-0.2, 0) is 16.0 Å². The molecule has 0 bridgehead atoms. The van der Waals surface area contributed by atoms with Gasteiger partial charge in [-0.15, -0.1) is 0 Å². The van der Waals surface area contributed by atoms with Crippen LogP contribution in [0.1, 0.15) is 111 Å². The molecule has 1 unspecified atom stereocenters. The minimum Gasteiger partial charge on any atom is -0.480 e. The Bertz CT molecular complexity index is 1130. The van der Waals surface area contributed by atoms with Crippen molar-refractivity contribution in [1.29, 1.82) is 0 Å². The average Bonchev–Trinajstić information content (AvgIpc) is 3.61. The number of nitrogens with one attached hydrogen (secondary N) is 3. The zero-order chi connectivity index (χ0) is 31.8. The Morgan fingerprint density at radius 3 is 2.45 bits per heavy atom. The zero-order valence-electron chi connectivity index (χ0n) is 27.6. The highest BCUT2D eigenvalue weighted by Gasteiger charge is 2.60. The number of hydrogen-bond donors (Lipinski definition) is 6. The minimum atomic E-state index is -1.20. The van der Waals surface area contributed by atoms with Gasteiger partial charge in [0.1, 0.15) is 12.3 Å². The van der Waals surface area contributed by atoms with Crippen molar-refractivity contribution in [3.05, 3.63) is 18.2 Å². The fourth-order valence-electron chi connectivity index (χ4n) is 10.8. The summed E-state index contributed by atoms with van der Waals surface area (Å²) in [6, 6.07) is -1.63. The number of imidazole rings is 1. The first-order valence-electron chi connectivity index (χ1n) is 17.4. The number of carbonyl (C=O) groups is 2. The van der Waals surface area contributed by atoms with Gasteiger partial charge in [-0.1, -0.05) is 34.6 Å². The standard InChI is InChI=1S/C35H58N4O5/c1-20(2)31(32(42)38-29(33(43)44)17-23-18-36-19-37-23)39-30(41)11-6-21(3)26-9-10-27-25-8-7-22-16-24(40)12-14-34(22,4)28(25)13-15-35(26,27)5/h18-22,24-29,31-32,38,40,42H,6-17H2,1-5H3,(H,36,37)(H,39,41)(H,43,44)/t21-,22-,24-,25+,26-,27+,28+,29+,31+,32?,34+,35-/m1/s1. The molecular weight excluding hydrogens is 556 g/mol. The number of aromatic amines is 1. The summed E-state index contributed by atoms with van der Waals surface area (Å²) in [6.45, 7) is 11.3. The first-order valence-corrected chi connectivity index (χ1v) is 17.4. The van der Waals surface area contributed by atoms with E-state index in [1.807, 2.05) is 13.8 Å². The molecule has 12 atom stereocenters. The number of carbonyl (C=O) groups excluding carboxylic acids is 1. The predicted octanol–water partition coefficient (Wildman–Crippen LogP) is 4.89. The number of carboxylic acids is 1. The summed E-state index contributed by atoms with van der Waals surface area (Å²) in [5, 5.41) is 36.9. The maximum Gasteiger partial charge on any atom is 0.321 e. The third kappa shape index (κ3) is 6.61. The van der Waals surface area contributed by atoms with Crippen molar-refractivity contribution in [3.63, 3.8) is 0 Å². The van der Waals surface area contributed by atoms with Crippen molar-refractivity contribution in [2.24, 2.45) is 52.3 Å². The Labute approximate surface area is 263 Å². The molecule has 1 heterocycles. The van der Waals surface area contributed by atoms with E-state index in [1.165, 1.54) is 51.3 Å². The van der Waals surface area contributed by atoms with Crippen LogP contribution in [0, 0.1) is 52.3 Å². The van der Waals surface area contributed by atoms with Gasteiger partial charge in [0.05, 0.1) is 18.5 Å². The molecule has 0 saturated heterocycles. The lowest BCUT2D eigenvalue weighted by molar-refractivity contribution is -0.140. The molecule has 4 aliphatic carbocycles. The smallest absolute Gasteiger partial charge is 0.321 e. The first-order chi connectivity index (χ1) is 20.8. The zero-order valence-corrected chi connectivity index (χ0v) is 27.6. The molecule has 4 saturated carbocycles. The van der Waals surface area contributed by atoms with Crippen molar-refractivity contribution < 1.29 is 24.9 Å². The van der Waals surface area contributed by atoms with Gasteiger partial charge in [-0.3, -0.25) is 14.9 Å². The molecule has 1 amide bonds. The van der Waals surface area contributed by atoms with Crippen molar-refractivity contribution in [2.75, 3.05) is 0 Å². The van der Waals surface area contributed by atoms with Gasteiger partial charge in [-0.05, 0) is 116 Å². The second-order valence-corrected chi connectivity index (χ2v) is 16.0. The van der Waals surface area contributed by atoms with E-state index in [9.17, 15) is 24.9 Å². The molecule has 1 aromatic rings. The highest BCUT2D eigenvalue weighted by Crippen LogP contribution is 2.68. The Morgan fingerprint density at radius 2 is 1.77 bits per heavy atom. The van der Waals surface area contributed by atoms with Gasteiger partial charge >= 0.3 is 5.97 Å². The van der Waals surface area contributed by atoms with Gasteiger partial charge in [0.25, 0.3) is 0 Å². The maximum absolute atomic E-state index is 13.2. The fraction of sp³-hybridized carbons (Fsp3) is 0.857. The molecule has 6 N–H and O–H groups in total. The summed E-state index contributed by atoms with van der Waals surface area (Å²) >= 11 is 0. The molecular formula is C35H58N4O5. The Hall–Kier alpha value is -1.97. The Morgan fingerprint density at radius 1 is 1.05 bits per heavy atom. The van der Waals surface area contributed by atoms with Crippen molar-refractivity contribution >= 4 is 11.9 Å². The first kappa shape index (κ1) is 33.4. The van der Waals surface area contributed by atoms with Crippen LogP contribution in [0.5, 0.6) is 0 Å².